The molecule has 0 aromatic heterocycles. The number of halogens is 3. The fourth-order valence-corrected chi connectivity index (χ4v) is 6.70. The van der Waals surface area contributed by atoms with Crippen LogP contribution in [0, 0.1) is 10.7 Å². The fourth-order valence-electron chi connectivity index (χ4n) is 3.52. The summed E-state index contributed by atoms with van der Waals surface area (Å²) < 4.78 is 44.3. The molecule has 9 heteroatoms. The lowest BCUT2D eigenvalue weighted by Gasteiger charge is -2.27. The number of benzene rings is 2. The maximum Gasteiger partial charge on any atom is 0.344 e. The summed E-state index contributed by atoms with van der Waals surface area (Å²) in [7, 11) is -4.61. The van der Waals surface area contributed by atoms with Crippen LogP contribution in [-0.2, 0) is 23.0 Å². The van der Waals surface area contributed by atoms with E-state index in [0.717, 1.165) is 23.6 Å². The Morgan fingerprint density at radius 2 is 1.69 bits per heavy atom. The maximum absolute atomic E-state index is 13.1. The quantitative estimate of drug-likeness (QED) is 0.133. The van der Waals surface area contributed by atoms with E-state index < -0.39 is 16.1 Å². The predicted octanol–water partition coefficient (Wildman–Crippen LogP) is 5.63. The summed E-state index contributed by atoms with van der Waals surface area (Å²) in [4.78, 5) is 12.9. The topological polar surface area (TPSA) is 83.5 Å². The number of carbonyl (C=O) groups excluding carboxylic acids is 1. The molecule has 0 fully saturated rings. The first-order chi connectivity index (χ1) is 13.5. The van der Waals surface area contributed by atoms with Crippen molar-refractivity contribution in [3.63, 3.8) is 0 Å². The minimum absolute atomic E-state index is 0.111. The van der Waals surface area contributed by atoms with Gasteiger partial charge in [-0.3, -0.25) is 0 Å². The molecule has 0 saturated carbocycles. The Balaban J connectivity index is 2.18. The molecule has 0 amide bonds. The average Bonchev–Trinajstić information content (AvgIpc) is 2.63. The van der Waals surface area contributed by atoms with Gasteiger partial charge in [0.2, 0.25) is 0 Å². The highest BCUT2D eigenvalue weighted by molar-refractivity contribution is 14.1. The third kappa shape index (κ3) is 5.09. The molecule has 29 heavy (non-hydrogen) atoms. The molecule has 5 nitrogen and oxygen atoms in total. The molecule has 0 N–H and O–H groups in total. The molecule has 0 heterocycles. The Morgan fingerprint density at radius 3 is 2.28 bits per heavy atom. The van der Waals surface area contributed by atoms with E-state index in [2.05, 4.69) is 67.8 Å². The van der Waals surface area contributed by atoms with E-state index in [0.29, 0.717) is 40.8 Å². The number of ether oxygens (including phenoxy) is 1. The highest BCUT2D eigenvalue weighted by Crippen LogP contribution is 2.41. The first kappa shape index (κ1) is 23.7. The lowest BCUT2D eigenvalue weighted by Crippen LogP contribution is -2.18. The largest absolute Gasteiger partial charge is 0.744 e. The summed E-state index contributed by atoms with van der Waals surface area (Å²) in [5, 5.41) is 0. The van der Waals surface area contributed by atoms with Crippen molar-refractivity contribution in [2.75, 3.05) is 0 Å². The third-order valence-electron chi connectivity index (χ3n) is 4.89. The number of esters is 1. The van der Waals surface area contributed by atoms with Crippen molar-refractivity contribution < 1.29 is 22.5 Å². The Hall–Kier alpha value is 0.0100. The zero-order valence-corrected chi connectivity index (χ0v) is 23.0. The van der Waals surface area contributed by atoms with Crippen molar-refractivity contribution in [3.05, 3.63) is 51.2 Å². The van der Waals surface area contributed by atoms with E-state index in [-0.39, 0.29) is 10.8 Å². The molecule has 0 spiro atoms. The Kier molecular flexibility index (Phi) is 7.55. The van der Waals surface area contributed by atoms with E-state index in [1.807, 2.05) is 19.9 Å². The van der Waals surface area contributed by atoms with Crippen LogP contribution in [0.15, 0.2) is 23.1 Å². The number of carbonyl (C=O) groups is 1. The minimum atomic E-state index is -4.61. The normalized spacial score (nSPS) is 14.0. The molecule has 1 aliphatic rings. The molecule has 0 aliphatic heterocycles. The van der Waals surface area contributed by atoms with Gasteiger partial charge in [0.15, 0.2) is 0 Å². The fraction of sp³-hybridized carbons (Fsp3) is 0.350. The van der Waals surface area contributed by atoms with E-state index in [1.165, 1.54) is 6.07 Å². The van der Waals surface area contributed by atoms with Gasteiger partial charge in [0.05, 0.1) is 10.5 Å². The van der Waals surface area contributed by atoms with Crippen molar-refractivity contribution >= 4 is 83.9 Å². The summed E-state index contributed by atoms with van der Waals surface area (Å²) in [5.74, 6) is -0.171. The maximum atomic E-state index is 13.1. The van der Waals surface area contributed by atoms with E-state index in [9.17, 15) is 17.8 Å². The van der Waals surface area contributed by atoms with Crippen LogP contribution in [0.1, 0.15) is 59.7 Å². The summed E-state index contributed by atoms with van der Waals surface area (Å²) >= 11 is 6.47. The molecule has 0 bridgehead atoms. The molecule has 156 valence electrons. The van der Waals surface area contributed by atoms with Crippen molar-refractivity contribution in [1.29, 1.82) is 0 Å². The van der Waals surface area contributed by atoms with Gasteiger partial charge in [0.1, 0.15) is 15.9 Å². The van der Waals surface area contributed by atoms with Crippen LogP contribution in [0.5, 0.6) is 5.75 Å². The van der Waals surface area contributed by atoms with Gasteiger partial charge in [-0.2, -0.15) is 0 Å². The Bertz CT molecular complexity index is 1090. The number of hydrogen-bond donors (Lipinski definition) is 0. The lowest BCUT2D eigenvalue weighted by atomic mass is 9.87. The van der Waals surface area contributed by atoms with Crippen LogP contribution in [0.25, 0.3) is 0 Å². The van der Waals surface area contributed by atoms with E-state index in [4.69, 9.17) is 4.74 Å². The van der Waals surface area contributed by atoms with Gasteiger partial charge in [-0.25, -0.2) is 13.2 Å². The second-order valence-corrected chi connectivity index (χ2v) is 12.0. The van der Waals surface area contributed by atoms with Gasteiger partial charge < -0.3 is 9.29 Å². The molecule has 1 aliphatic carbocycles. The van der Waals surface area contributed by atoms with Crippen LogP contribution in [0.4, 0.5) is 0 Å². The average molecular weight is 751 g/mol. The number of rotatable bonds is 4. The minimum Gasteiger partial charge on any atom is -0.744 e. The van der Waals surface area contributed by atoms with E-state index >= 15 is 0 Å². The SMILES string of the molecule is CC(C)c1cc(S(=O)(=O)[O-])c2c(c1OC(=O)c1cc(I)cc(I)c1I)CCCC2. The molecule has 0 unspecified atom stereocenters. The second-order valence-electron chi connectivity index (χ2n) is 7.20. The molecule has 2 aromatic rings. The molecule has 0 radical (unpaired) electrons. The van der Waals surface area contributed by atoms with Gasteiger partial charge in [-0.05, 0) is 134 Å². The van der Waals surface area contributed by atoms with Crippen molar-refractivity contribution in [3.8, 4) is 5.75 Å². The molecule has 2 aromatic carbocycles. The number of hydrogen-bond acceptors (Lipinski definition) is 5. The smallest absolute Gasteiger partial charge is 0.344 e. The van der Waals surface area contributed by atoms with Crippen LogP contribution >= 0.6 is 67.8 Å². The molecule has 3 rings (SSSR count). The zero-order chi connectivity index (χ0) is 21.5. The number of fused-ring (bicyclic) bond motifs is 1. The van der Waals surface area contributed by atoms with Crippen LogP contribution < -0.4 is 4.74 Å². The van der Waals surface area contributed by atoms with Crippen molar-refractivity contribution in [2.45, 2.75) is 50.3 Å². The highest BCUT2D eigenvalue weighted by Gasteiger charge is 2.27. The summed E-state index contributed by atoms with van der Waals surface area (Å²) in [5.41, 5.74) is 2.23. The molecular formula is C20H18I3O5S-. The van der Waals surface area contributed by atoms with Gasteiger partial charge >= 0.3 is 5.97 Å². The molecular weight excluding hydrogens is 733 g/mol. The molecule has 0 saturated heterocycles. The van der Waals surface area contributed by atoms with Crippen LogP contribution in [-0.4, -0.2) is 18.9 Å². The predicted molar refractivity (Wildman–Crippen MR) is 135 cm³/mol. The second kappa shape index (κ2) is 9.25. The monoisotopic (exact) mass is 751 g/mol. The van der Waals surface area contributed by atoms with Crippen molar-refractivity contribution in [1.82, 2.24) is 0 Å². The highest BCUT2D eigenvalue weighted by atomic mass is 127. The van der Waals surface area contributed by atoms with E-state index in [1.54, 1.807) is 6.07 Å². The zero-order valence-electron chi connectivity index (χ0n) is 15.7. The summed E-state index contributed by atoms with van der Waals surface area (Å²) in [6.45, 7) is 3.78. The van der Waals surface area contributed by atoms with Gasteiger partial charge in [0, 0.05) is 10.7 Å². The summed E-state index contributed by atoms with van der Waals surface area (Å²) in [6.07, 6.45) is 2.74. The third-order valence-corrected chi connectivity index (χ3v) is 9.46. The Labute approximate surface area is 211 Å². The lowest BCUT2D eigenvalue weighted by molar-refractivity contribution is 0.0729. The van der Waals surface area contributed by atoms with Crippen molar-refractivity contribution in [2.24, 2.45) is 0 Å². The first-order valence-corrected chi connectivity index (χ1v) is 13.7. The molecule has 0 atom stereocenters. The standard InChI is InChI=1S/C20H19I3O5S/c1-10(2)14-9-17(29(25,26)27)12-5-3-4-6-13(12)19(14)28-20(24)15-7-11(21)8-16(22)18(15)23/h7-10H,3-6H2,1-2H3,(H,25,26,27)/p-1. The summed E-state index contributed by atoms with van der Waals surface area (Å²) in [6, 6.07) is 5.17. The van der Waals surface area contributed by atoms with Crippen LogP contribution in [0.2, 0.25) is 0 Å². The van der Waals surface area contributed by atoms with Gasteiger partial charge in [-0.1, -0.05) is 13.8 Å². The van der Waals surface area contributed by atoms with Crippen LogP contribution in [0.3, 0.4) is 0 Å². The Morgan fingerprint density at radius 1 is 1.07 bits per heavy atom. The van der Waals surface area contributed by atoms with Gasteiger partial charge in [0.25, 0.3) is 0 Å². The van der Waals surface area contributed by atoms with Gasteiger partial charge in [-0.15, -0.1) is 0 Å². The first-order valence-electron chi connectivity index (χ1n) is 9.02.